The van der Waals surface area contributed by atoms with E-state index in [1.165, 1.54) is 6.54 Å². The molecule has 1 aliphatic rings. The van der Waals surface area contributed by atoms with Gasteiger partial charge in [-0.1, -0.05) is 34.6 Å². The number of rotatable bonds is 8. The molecule has 7 heteroatoms. The average Bonchev–Trinajstić information content (AvgIpc) is 3.05. The molecule has 0 aliphatic carbocycles. The standard InChI is InChI=1S/C19H37N7/c1-6-18-23-22-15-26(18)8-7-20-19(21-13-16(2)3)25-11-9-24(10-12-25)14-17(4)5/h15-17H,6-14H2,1-5H3,(H,20,21). The molecular formula is C19H37N7. The quantitative estimate of drug-likeness (QED) is 0.563. The molecule has 0 saturated carbocycles. The van der Waals surface area contributed by atoms with Crippen LogP contribution in [0.15, 0.2) is 11.3 Å². The van der Waals surface area contributed by atoms with Crippen LogP contribution in [0.3, 0.4) is 0 Å². The lowest BCUT2D eigenvalue weighted by Crippen LogP contribution is -2.53. The predicted octanol–water partition coefficient (Wildman–Crippen LogP) is 1.72. The van der Waals surface area contributed by atoms with Crippen LogP contribution in [0, 0.1) is 11.8 Å². The molecule has 1 saturated heterocycles. The van der Waals surface area contributed by atoms with Crippen molar-refractivity contribution in [1.29, 1.82) is 0 Å². The highest BCUT2D eigenvalue weighted by Crippen LogP contribution is 2.06. The van der Waals surface area contributed by atoms with E-state index >= 15 is 0 Å². The molecule has 7 nitrogen and oxygen atoms in total. The van der Waals surface area contributed by atoms with Gasteiger partial charge in [0.25, 0.3) is 0 Å². The molecule has 1 aromatic rings. The molecule has 1 fully saturated rings. The van der Waals surface area contributed by atoms with Crippen LogP contribution in [0.25, 0.3) is 0 Å². The normalized spacial score (nSPS) is 16.7. The maximum absolute atomic E-state index is 4.87. The minimum absolute atomic E-state index is 0.568. The molecule has 1 aliphatic heterocycles. The molecule has 0 radical (unpaired) electrons. The van der Waals surface area contributed by atoms with Gasteiger partial charge in [0.05, 0.1) is 0 Å². The minimum Gasteiger partial charge on any atom is -0.354 e. The van der Waals surface area contributed by atoms with Gasteiger partial charge < -0.3 is 14.8 Å². The summed E-state index contributed by atoms with van der Waals surface area (Å²) < 4.78 is 2.12. The summed E-state index contributed by atoms with van der Waals surface area (Å²) >= 11 is 0. The predicted molar refractivity (Wildman–Crippen MR) is 107 cm³/mol. The molecule has 148 valence electrons. The molecule has 0 aromatic carbocycles. The van der Waals surface area contributed by atoms with E-state index in [1.807, 2.05) is 6.33 Å². The number of aliphatic imine (C=N–C) groups is 1. The summed E-state index contributed by atoms with van der Waals surface area (Å²) in [5.74, 6) is 3.38. The minimum atomic E-state index is 0.568. The summed E-state index contributed by atoms with van der Waals surface area (Å²) in [6.07, 6.45) is 2.72. The van der Waals surface area contributed by atoms with Crippen molar-refractivity contribution < 1.29 is 0 Å². The van der Waals surface area contributed by atoms with Gasteiger partial charge in [0.2, 0.25) is 0 Å². The van der Waals surface area contributed by atoms with Crippen LogP contribution in [0.2, 0.25) is 0 Å². The fourth-order valence-corrected chi connectivity index (χ4v) is 3.22. The van der Waals surface area contributed by atoms with Crippen molar-refractivity contribution in [1.82, 2.24) is 29.9 Å². The number of guanidine groups is 1. The van der Waals surface area contributed by atoms with Crippen molar-refractivity contribution in [3.63, 3.8) is 0 Å². The summed E-state index contributed by atoms with van der Waals surface area (Å²) in [5, 5.41) is 11.7. The second-order valence-corrected chi connectivity index (χ2v) is 7.96. The van der Waals surface area contributed by atoms with E-state index in [9.17, 15) is 0 Å². The fourth-order valence-electron chi connectivity index (χ4n) is 3.22. The van der Waals surface area contributed by atoms with Gasteiger partial charge in [-0.15, -0.1) is 10.2 Å². The third-order valence-corrected chi connectivity index (χ3v) is 4.55. The monoisotopic (exact) mass is 363 g/mol. The van der Waals surface area contributed by atoms with Gasteiger partial charge >= 0.3 is 0 Å². The zero-order valence-corrected chi connectivity index (χ0v) is 17.3. The lowest BCUT2D eigenvalue weighted by Gasteiger charge is -2.37. The van der Waals surface area contributed by atoms with Crippen LogP contribution in [0.1, 0.15) is 40.4 Å². The van der Waals surface area contributed by atoms with Gasteiger partial charge in [0.15, 0.2) is 5.96 Å². The summed E-state index contributed by atoms with van der Waals surface area (Å²) in [5.41, 5.74) is 0. The highest BCUT2D eigenvalue weighted by molar-refractivity contribution is 5.80. The fraction of sp³-hybridized carbons (Fsp3) is 0.842. The lowest BCUT2D eigenvalue weighted by atomic mass is 10.2. The first-order chi connectivity index (χ1) is 12.5. The number of nitrogens with one attached hydrogen (secondary N) is 1. The van der Waals surface area contributed by atoms with E-state index in [4.69, 9.17) is 4.99 Å². The number of aryl methyl sites for hydroxylation is 1. The second-order valence-electron chi connectivity index (χ2n) is 7.96. The van der Waals surface area contributed by atoms with Crippen molar-refractivity contribution in [2.45, 2.75) is 47.6 Å². The molecule has 1 aromatic heterocycles. The maximum atomic E-state index is 4.87. The van der Waals surface area contributed by atoms with E-state index in [0.717, 1.165) is 69.9 Å². The average molecular weight is 364 g/mol. The molecule has 2 heterocycles. The van der Waals surface area contributed by atoms with Crippen LogP contribution in [0.4, 0.5) is 0 Å². The summed E-state index contributed by atoms with van der Waals surface area (Å²) in [7, 11) is 0. The van der Waals surface area contributed by atoms with Crippen LogP contribution >= 0.6 is 0 Å². The summed E-state index contributed by atoms with van der Waals surface area (Å²) in [6.45, 7) is 19.2. The number of aromatic nitrogens is 3. The SMILES string of the molecule is CCc1nncn1CCNC(=NCC(C)C)N1CCN(CC(C)C)CC1. The van der Waals surface area contributed by atoms with E-state index < -0.39 is 0 Å². The molecule has 1 N–H and O–H groups in total. The zero-order chi connectivity index (χ0) is 18.9. The summed E-state index contributed by atoms with van der Waals surface area (Å²) in [4.78, 5) is 9.84. The molecule has 0 atom stereocenters. The molecule has 26 heavy (non-hydrogen) atoms. The number of hydrogen-bond acceptors (Lipinski definition) is 4. The summed E-state index contributed by atoms with van der Waals surface area (Å²) in [6, 6.07) is 0. The van der Waals surface area contributed by atoms with Crippen molar-refractivity contribution in [2.24, 2.45) is 16.8 Å². The first kappa shape index (κ1) is 20.7. The van der Waals surface area contributed by atoms with Gasteiger partial charge in [0, 0.05) is 58.8 Å². The van der Waals surface area contributed by atoms with E-state index in [1.54, 1.807) is 0 Å². The van der Waals surface area contributed by atoms with E-state index in [0.29, 0.717) is 5.92 Å². The van der Waals surface area contributed by atoms with Crippen molar-refractivity contribution >= 4 is 5.96 Å². The Hall–Kier alpha value is -1.63. The topological polar surface area (TPSA) is 61.6 Å². The van der Waals surface area contributed by atoms with Gasteiger partial charge in [0.1, 0.15) is 12.2 Å². The Kier molecular flexibility index (Phi) is 8.35. The second kappa shape index (κ2) is 10.5. The highest BCUT2D eigenvalue weighted by atomic mass is 15.4. The number of piperazine rings is 1. The number of hydrogen-bond donors (Lipinski definition) is 1. The third kappa shape index (κ3) is 6.59. The molecule has 0 unspecified atom stereocenters. The van der Waals surface area contributed by atoms with Crippen LogP contribution in [0.5, 0.6) is 0 Å². The van der Waals surface area contributed by atoms with Gasteiger partial charge in [-0.25, -0.2) is 0 Å². The van der Waals surface area contributed by atoms with Crippen molar-refractivity contribution in [2.75, 3.05) is 45.8 Å². The Morgan fingerprint density at radius 3 is 2.50 bits per heavy atom. The van der Waals surface area contributed by atoms with E-state index in [2.05, 4.69) is 64.5 Å². The molecular weight excluding hydrogens is 326 g/mol. The highest BCUT2D eigenvalue weighted by Gasteiger charge is 2.20. The lowest BCUT2D eigenvalue weighted by molar-refractivity contribution is 0.163. The number of nitrogens with zero attached hydrogens (tertiary/aromatic N) is 6. The largest absolute Gasteiger partial charge is 0.354 e. The Morgan fingerprint density at radius 1 is 1.15 bits per heavy atom. The zero-order valence-electron chi connectivity index (χ0n) is 17.3. The van der Waals surface area contributed by atoms with Crippen LogP contribution in [-0.4, -0.2) is 76.3 Å². The Balaban J connectivity index is 1.89. The van der Waals surface area contributed by atoms with Crippen molar-refractivity contribution in [3.05, 3.63) is 12.2 Å². The molecule has 2 rings (SSSR count). The maximum Gasteiger partial charge on any atom is 0.194 e. The van der Waals surface area contributed by atoms with Gasteiger partial charge in [-0.2, -0.15) is 0 Å². The van der Waals surface area contributed by atoms with E-state index in [-0.39, 0.29) is 0 Å². The third-order valence-electron chi connectivity index (χ3n) is 4.55. The molecule has 0 bridgehead atoms. The van der Waals surface area contributed by atoms with Gasteiger partial charge in [-0.05, 0) is 11.8 Å². The smallest absolute Gasteiger partial charge is 0.194 e. The first-order valence-corrected chi connectivity index (χ1v) is 10.1. The molecule has 0 spiro atoms. The molecule has 0 amide bonds. The Labute approximate surface area is 158 Å². The Morgan fingerprint density at radius 2 is 1.88 bits per heavy atom. The van der Waals surface area contributed by atoms with Crippen LogP contribution in [-0.2, 0) is 13.0 Å². The van der Waals surface area contributed by atoms with Crippen LogP contribution < -0.4 is 5.32 Å². The van der Waals surface area contributed by atoms with Crippen molar-refractivity contribution in [3.8, 4) is 0 Å². The Bertz CT molecular complexity index is 542. The van der Waals surface area contributed by atoms with Gasteiger partial charge in [-0.3, -0.25) is 9.89 Å². The first-order valence-electron chi connectivity index (χ1n) is 10.1.